The number of anilines is 1. The van der Waals surface area contributed by atoms with Crippen LogP contribution in [-0.4, -0.2) is 43.4 Å². The van der Waals surface area contributed by atoms with Crippen molar-refractivity contribution in [1.82, 2.24) is 4.98 Å². The van der Waals surface area contributed by atoms with E-state index in [1.54, 1.807) is 19.1 Å². The summed E-state index contributed by atoms with van der Waals surface area (Å²) < 4.78 is 30.1. The highest BCUT2D eigenvalue weighted by atomic mass is 32.2. The Balaban J connectivity index is 2.79. The van der Waals surface area contributed by atoms with Gasteiger partial charge in [0.1, 0.15) is 18.1 Å². The number of hydrogen-bond acceptors (Lipinski definition) is 6. The lowest BCUT2D eigenvalue weighted by Gasteiger charge is -2.06. The average Bonchev–Trinajstić information content (AvgIpc) is 2.35. The first-order valence-electron chi connectivity index (χ1n) is 5.69. The van der Waals surface area contributed by atoms with Crippen molar-refractivity contribution in [2.24, 2.45) is 0 Å². The third-order valence-electron chi connectivity index (χ3n) is 1.92. The Morgan fingerprint density at radius 2 is 2.25 bits per heavy atom. The van der Waals surface area contributed by atoms with Crippen LogP contribution in [0.5, 0.6) is 0 Å². The van der Waals surface area contributed by atoms with Crippen LogP contribution < -0.4 is 4.72 Å². The molecule has 7 nitrogen and oxygen atoms in total. The molecule has 0 atom stereocenters. The van der Waals surface area contributed by atoms with Crippen LogP contribution in [0.25, 0.3) is 0 Å². The first-order valence-corrected chi connectivity index (χ1v) is 7.35. The highest BCUT2D eigenvalue weighted by Crippen LogP contribution is 2.07. The Bertz CT molecular complexity index is 631. The second-order valence-electron chi connectivity index (χ2n) is 3.53. The summed E-state index contributed by atoms with van der Waals surface area (Å²) in [6.07, 6.45) is 0. The molecular weight excluding hydrogens is 284 g/mol. The van der Waals surface area contributed by atoms with E-state index in [4.69, 9.17) is 5.11 Å². The van der Waals surface area contributed by atoms with E-state index in [1.165, 1.54) is 6.07 Å². The number of aromatic nitrogens is 1. The molecule has 0 saturated carbocycles. The number of aliphatic hydroxyl groups excluding tert-OH is 1. The van der Waals surface area contributed by atoms with Gasteiger partial charge in [0.05, 0.1) is 6.61 Å². The van der Waals surface area contributed by atoms with E-state index in [2.05, 4.69) is 26.3 Å². The van der Waals surface area contributed by atoms with Crippen LogP contribution in [0.2, 0.25) is 0 Å². The minimum atomic E-state index is -3.88. The van der Waals surface area contributed by atoms with Gasteiger partial charge in [0.15, 0.2) is 5.75 Å². The Kier molecular flexibility index (Phi) is 5.96. The summed E-state index contributed by atoms with van der Waals surface area (Å²) >= 11 is 0. The number of nitrogens with one attached hydrogen (secondary N) is 1. The molecule has 0 aliphatic heterocycles. The molecule has 0 aliphatic rings. The first-order chi connectivity index (χ1) is 9.46. The molecule has 8 heteroatoms. The number of carbonyl (C=O) groups is 1. The van der Waals surface area contributed by atoms with Crippen LogP contribution >= 0.6 is 0 Å². The highest BCUT2D eigenvalue weighted by Gasteiger charge is 2.17. The Labute approximate surface area is 117 Å². The van der Waals surface area contributed by atoms with Gasteiger partial charge in [-0.05, 0) is 25.0 Å². The van der Waals surface area contributed by atoms with Crippen LogP contribution in [0.1, 0.15) is 12.6 Å². The molecule has 1 aromatic heterocycles. The number of sulfonamides is 1. The van der Waals surface area contributed by atoms with Crippen molar-refractivity contribution in [3.8, 4) is 11.8 Å². The summed E-state index contributed by atoms with van der Waals surface area (Å²) in [5.74, 6) is 3.36. The predicted molar refractivity (Wildman–Crippen MR) is 72.2 cm³/mol. The molecule has 0 unspecified atom stereocenters. The lowest BCUT2D eigenvalue weighted by atomic mass is 10.3. The highest BCUT2D eigenvalue weighted by molar-refractivity contribution is 7.93. The quantitative estimate of drug-likeness (QED) is 0.572. The molecule has 0 bridgehead atoms. The van der Waals surface area contributed by atoms with Gasteiger partial charge in [-0.15, -0.1) is 0 Å². The van der Waals surface area contributed by atoms with E-state index >= 15 is 0 Å². The summed E-state index contributed by atoms with van der Waals surface area (Å²) in [5, 5.41) is 8.57. The average molecular weight is 298 g/mol. The second-order valence-corrected chi connectivity index (χ2v) is 5.26. The minimum absolute atomic E-state index is 0.0408. The van der Waals surface area contributed by atoms with Crippen LogP contribution in [0.3, 0.4) is 0 Å². The van der Waals surface area contributed by atoms with Gasteiger partial charge in [-0.2, -0.15) is 0 Å². The summed E-state index contributed by atoms with van der Waals surface area (Å²) in [6.45, 7) is 1.38. The van der Waals surface area contributed by atoms with Crippen molar-refractivity contribution >= 4 is 21.8 Å². The molecule has 0 fully saturated rings. The van der Waals surface area contributed by atoms with Gasteiger partial charge >= 0.3 is 5.97 Å². The van der Waals surface area contributed by atoms with E-state index in [-0.39, 0.29) is 19.0 Å². The number of esters is 1. The number of carbonyl (C=O) groups excluding carboxylic acids is 1. The van der Waals surface area contributed by atoms with Crippen molar-refractivity contribution in [2.75, 3.05) is 23.7 Å². The van der Waals surface area contributed by atoms with Crippen molar-refractivity contribution < 1.29 is 23.1 Å². The van der Waals surface area contributed by atoms with Gasteiger partial charge in [0, 0.05) is 0 Å². The number of rotatable bonds is 5. The first kappa shape index (κ1) is 15.9. The maximum Gasteiger partial charge on any atom is 0.323 e. The Morgan fingerprint density at radius 3 is 2.90 bits per heavy atom. The zero-order chi connectivity index (χ0) is 15.0. The lowest BCUT2D eigenvalue weighted by molar-refractivity contribution is -0.139. The van der Waals surface area contributed by atoms with Crippen molar-refractivity contribution in [3.63, 3.8) is 0 Å². The standard InChI is InChI=1S/C12H14N2O5S/c1-2-19-12(16)9-20(17,18)14-11-7-3-5-10(13-11)6-4-8-15/h3,5,7,15H,2,8-9H2,1H3,(H,13,14). The number of hydrogen-bond donors (Lipinski definition) is 2. The topological polar surface area (TPSA) is 106 Å². The summed E-state index contributed by atoms with van der Waals surface area (Å²) in [5.41, 5.74) is 0.301. The largest absolute Gasteiger partial charge is 0.465 e. The molecule has 0 radical (unpaired) electrons. The molecular formula is C12H14N2O5S. The normalized spacial score (nSPS) is 10.3. The number of aliphatic hydroxyl groups is 1. The molecule has 1 heterocycles. The van der Waals surface area contributed by atoms with Gasteiger partial charge in [0.2, 0.25) is 10.0 Å². The van der Waals surface area contributed by atoms with Crippen LogP contribution in [0.4, 0.5) is 5.82 Å². The van der Waals surface area contributed by atoms with Crippen LogP contribution in [-0.2, 0) is 19.6 Å². The Morgan fingerprint density at radius 1 is 1.50 bits per heavy atom. The lowest BCUT2D eigenvalue weighted by Crippen LogP contribution is -2.24. The van der Waals surface area contributed by atoms with Crippen LogP contribution in [0.15, 0.2) is 18.2 Å². The molecule has 0 spiro atoms. The van der Waals surface area contributed by atoms with Gasteiger partial charge in [-0.25, -0.2) is 13.4 Å². The van der Waals surface area contributed by atoms with Crippen molar-refractivity contribution in [1.29, 1.82) is 0 Å². The molecule has 108 valence electrons. The SMILES string of the molecule is CCOC(=O)CS(=O)(=O)Nc1cccc(C#CCO)n1. The molecule has 0 aromatic carbocycles. The number of nitrogens with zero attached hydrogens (tertiary/aromatic N) is 1. The third kappa shape index (κ3) is 5.69. The molecule has 0 saturated heterocycles. The van der Waals surface area contributed by atoms with Crippen LogP contribution in [0, 0.1) is 11.8 Å². The Hall–Kier alpha value is -2.11. The molecule has 0 aliphatic carbocycles. The fourth-order valence-electron chi connectivity index (χ4n) is 1.24. The van der Waals surface area contributed by atoms with Gasteiger partial charge in [-0.1, -0.05) is 12.0 Å². The van der Waals surface area contributed by atoms with Crippen molar-refractivity contribution in [2.45, 2.75) is 6.92 Å². The van der Waals surface area contributed by atoms with Gasteiger partial charge in [-0.3, -0.25) is 9.52 Å². The summed E-state index contributed by atoms with van der Waals surface area (Å²) in [7, 11) is -3.88. The fourth-order valence-corrected chi connectivity index (χ4v) is 2.14. The molecule has 20 heavy (non-hydrogen) atoms. The molecule has 2 N–H and O–H groups in total. The fraction of sp³-hybridized carbons (Fsp3) is 0.333. The van der Waals surface area contributed by atoms with E-state index in [9.17, 15) is 13.2 Å². The van der Waals surface area contributed by atoms with Crippen molar-refractivity contribution in [3.05, 3.63) is 23.9 Å². The minimum Gasteiger partial charge on any atom is -0.465 e. The monoisotopic (exact) mass is 298 g/mol. The molecule has 0 amide bonds. The smallest absolute Gasteiger partial charge is 0.323 e. The van der Waals surface area contributed by atoms with E-state index in [0.717, 1.165) is 0 Å². The maximum absolute atomic E-state index is 11.7. The number of ether oxygens (including phenoxy) is 1. The molecule has 1 aromatic rings. The predicted octanol–water partition coefficient (Wildman–Crippen LogP) is -0.270. The molecule has 1 rings (SSSR count). The van der Waals surface area contributed by atoms with E-state index in [0.29, 0.717) is 5.69 Å². The second kappa shape index (κ2) is 7.47. The van der Waals surface area contributed by atoms with E-state index in [1.807, 2.05) is 0 Å². The number of pyridine rings is 1. The zero-order valence-electron chi connectivity index (χ0n) is 10.8. The van der Waals surface area contributed by atoms with E-state index < -0.39 is 21.7 Å². The van der Waals surface area contributed by atoms with Gasteiger partial charge in [0.25, 0.3) is 0 Å². The van der Waals surface area contributed by atoms with Gasteiger partial charge < -0.3 is 9.84 Å². The zero-order valence-corrected chi connectivity index (χ0v) is 11.6. The summed E-state index contributed by atoms with van der Waals surface area (Å²) in [4.78, 5) is 15.1. The maximum atomic E-state index is 11.7. The third-order valence-corrected chi connectivity index (χ3v) is 3.05. The summed E-state index contributed by atoms with van der Waals surface area (Å²) in [6, 6.07) is 4.54.